The fourth-order valence-corrected chi connectivity index (χ4v) is 6.09. The lowest BCUT2D eigenvalue weighted by atomic mass is 9.72. The van der Waals surface area contributed by atoms with Crippen LogP contribution in [0.5, 0.6) is 5.88 Å². The Morgan fingerprint density at radius 2 is 1.75 bits per heavy atom. The van der Waals surface area contributed by atoms with E-state index in [-0.39, 0.29) is 0 Å². The molecule has 0 saturated carbocycles. The van der Waals surface area contributed by atoms with Crippen molar-refractivity contribution in [1.82, 2.24) is 4.57 Å². The number of halogens is 1. The van der Waals surface area contributed by atoms with Gasteiger partial charge in [-0.1, -0.05) is 82.7 Å². The number of aromatic nitrogens is 1. The highest BCUT2D eigenvalue weighted by Crippen LogP contribution is 2.62. The highest BCUT2D eigenvalue weighted by atomic mass is 79.9. The van der Waals surface area contributed by atoms with Crippen LogP contribution in [0.1, 0.15) is 22.8 Å². The number of nitriles is 1. The van der Waals surface area contributed by atoms with E-state index in [9.17, 15) is 10.1 Å². The summed E-state index contributed by atoms with van der Waals surface area (Å²) in [5, 5.41) is 11.3. The van der Waals surface area contributed by atoms with Crippen LogP contribution in [0.4, 0.5) is 0 Å². The quantitative estimate of drug-likeness (QED) is 0.297. The fourth-order valence-electron chi connectivity index (χ4n) is 5.54. The van der Waals surface area contributed by atoms with Gasteiger partial charge < -0.3 is 18.8 Å². The predicted molar refractivity (Wildman–Crippen MR) is 138 cm³/mol. The van der Waals surface area contributed by atoms with Crippen molar-refractivity contribution in [3.8, 4) is 11.9 Å². The normalized spacial score (nSPS) is 22.3. The molecule has 0 aliphatic carbocycles. The van der Waals surface area contributed by atoms with E-state index in [1.807, 2.05) is 90.5 Å². The number of hydrogen-bond acceptors (Lipinski definition) is 5. The number of aryl methyl sites for hydroxylation is 1. The molecule has 6 nitrogen and oxygen atoms in total. The van der Waals surface area contributed by atoms with Crippen LogP contribution in [0.15, 0.2) is 88.9 Å². The maximum absolute atomic E-state index is 13.9. The minimum absolute atomic E-state index is 0.343. The molecule has 0 spiro atoms. The van der Waals surface area contributed by atoms with Gasteiger partial charge in [0.05, 0.1) is 35.8 Å². The molecule has 3 atom stereocenters. The van der Waals surface area contributed by atoms with E-state index in [2.05, 4.69) is 22.0 Å². The summed E-state index contributed by atoms with van der Waals surface area (Å²) < 4.78 is 21.6. The molecule has 0 N–H and O–H groups in total. The van der Waals surface area contributed by atoms with E-state index >= 15 is 0 Å². The van der Waals surface area contributed by atoms with E-state index in [4.69, 9.17) is 14.2 Å². The third-order valence-corrected chi connectivity index (χ3v) is 7.72. The zero-order valence-corrected chi connectivity index (χ0v) is 21.2. The Morgan fingerprint density at radius 3 is 2.42 bits per heavy atom. The second kappa shape index (κ2) is 8.28. The lowest BCUT2D eigenvalue weighted by Crippen LogP contribution is -2.49. The third kappa shape index (κ3) is 2.91. The second-order valence-electron chi connectivity index (χ2n) is 8.85. The van der Waals surface area contributed by atoms with E-state index in [1.54, 1.807) is 0 Å². The summed E-state index contributed by atoms with van der Waals surface area (Å²) in [6, 6.07) is 27.2. The first-order valence-corrected chi connectivity index (χ1v) is 12.3. The van der Waals surface area contributed by atoms with Gasteiger partial charge in [-0.3, -0.25) is 0 Å². The molecule has 0 fully saturated rings. The van der Waals surface area contributed by atoms with Gasteiger partial charge in [-0.05, 0) is 17.7 Å². The molecule has 0 saturated heterocycles. The Morgan fingerprint density at radius 1 is 1.06 bits per heavy atom. The molecular formula is C29H21BrN2O4. The summed E-state index contributed by atoms with van der Waals surface area (Å²) in [5.74, 6) is -0.508. The molecule has 6 rings (SSSR count). The van der Waals surface area contributed by atoms with Gasteiger partial charge in [-0.15, -0.1) is 0 Å². The highest BCUT2D eigenvalue weighted by Gasteiger charge is 2.66. The molecule has 2 aliphatic heterocycles. The fraction of sp³-hybridized carbons (Fsp3) is 0.172. The van der Waals surface area contributed by atoms with Crippen LogP contribution in [0.3, 0.4) is 0 Å². The maximum atomic E-state index is 13.9. The lowest BCUT2D eigenvalue weighted by Gasteiger charge is -2.41. The van der Waals surface area contributed by atoms with E-state index < -0.39 is 23.6 Å². The third-order valence-electron chi connectivity index (χ3n) is 7.06. The molecule has 4 aromatic rings. The summed E-state index contributed by atoms with van der Waals surface area (Å²) in [7, 11) is 3.24. The molecule has 3 aromatic carbocycles. The van der Waals surface area contributed by atoms with Crippen molar-refractivity contribution in [2.45, 2.75) is 11.7 Å². The Hall–Kier alpha value is -4.02. The van der Waals surface area contributed by atoms with Crippen LogP contribution in [0.2, 0.25) is 0 Å². The van der Waals surface area contributed by atoms with Gasteiger partial charge in [0.1, 0.15) is 11.9 Å². The lowest BCUT2D eigenvalue weighted by molar-refractivity contribution is -0.171. The number of carbonyl (C=O) groups is 1. The summed E-state index contributed by atoms with van der Waals surface area (Å²) >= 11 is 3.68. The molecule has 2 aliphatic rings. The SMILES string of the molecule is COC(=O)[C@@]12OC(c3ccccc3)=C(C#N)[C@@H]1[C@@H](c1ccccc1)Oc1c2c2c(Br)cccc2n1C. The smallest absolute Gasteiger partial charge is 0.356 e. The number of hydrogen-bond donors (Lipinski definition) is 0. The molecule has 36 heavy (non-hydrogen) atoms. The number of rotatable bonds is 3. The first-order chi connectivity index (χ1) is 17.5. The number of fused-ring (bicyclic) bond motifs is 5. The van der Waals surface area contributed by atoms with Gasteiger partial charge >= 0.3 is 5.97 Å². The van der Waals surface area contributed by atoms with Crippen molar-refractivity contribution >= 4 is 38.6 Å². The van der Waals surface area contributed by atoms with Gasteiger partial charge in [0.15, 0.2) is 0 Å². The van der Waals surface area contributed by atoms with Gasteiger partial charge in [0, 0.05) is 22.5 Å². The van der Waals surface area contributed by atoms with Crippen LogP contribution < -0.4 is 4.74 Å². The van der Waals surface area contributed by atoms with Gasteiger partial charge in [-0.25, -0.2) is 4.79 Å². The zero-order chi connectivity index (χ0) is 25.0. The van der Waals surface area contributed by atoms with Crippen LogP contribution in [-0.2, 0) is 26.9 Å². The monoisotopic (exact) mass is 540 g/mol. The molecule has 0 radical (unpaired) electrons. The van der Waals surface area contributed by atoms with Gasteiger partial charge in [0.25, 0.3) is 0 Å². The predicted octanol–water partition coefficient (Wildman–Crippen LogP) is 6.02. The highest BCUT2D eigenvalue weighted by molar-refractivity contribution is 9.10. The standard InChI is InChI=1S/C29H21BrN2O4/c1-32-21-15-9-14-20(30)22(21)24-27(32)35-26(18-12-7-4-8-13-18)23-19(16-31)25(17-10-5-3-6-11-17)36-29(23,24)28(33)34-2/h3-15,23,26H,1-2H3/t23-,26-,29-/m1/s1. The van der Waals surface area contributed by atoms with Crippen molar-refractivity contribution in [3.63, 3.8) is 0 Å². The van der Waals surface area contributed by atoms with Crippen molar-refractivity contribution in [3.05, 3.63) is 106 Å². The summed E-state index contributed by atoms with van der Waals surface area (Å²) in [6.45, 7) is 0. The minimum atomic E-state index is -1.64. The number of carbonyl (C=O) groups excluding carboxylic acids is 1. The minimum Gasteiger partial charge on any atom is -0.469 e. The summed E-state index contributed by atoms with van der Waals surface area (Å²) in [6.07, 6.45) is -0.671. The summed E-state index contributed by atoms with van der Waals surface area (Å²) in [5.41, 5.74) is 1.66. The largest absolute Gasteiger partial charge is 0.469 e. The first-order valence-electron chi connectivity index (χ1n) is 11.5. The average Bonchev–Trinajstić information content (AvgIpc) is 3.43. The number of ether oxygens (including phenoxy) is 3. The van der Waals surface area contributed by atoms with E-state index in [1.165, 1.54) is 7.11 Å². The Labute approximate surface area is 216 Å². The molecule has 178 valence electrons. The Bertz CT molecular complexity index is 1590. The topological polar surface area (TPSA) is 73.5 Å². The molecule has 0 unspecified atom stereocenters. The van der Waals surface area contributed by atoms with Crippen LogP contribution in [0.25, 0.3) is 16.7 Å². The van der Waals surface area contributed by atoms with Gasteiger partial charge in [0.2, 0.25) is 11.5 Å². The Kier molecular flexibility index (Phi) is 5.16. The van der Waals surface area contributed by atoms with E-state index in [0.29, 0.717) is 28.3 Å². The van der Waals surface area contributed by atoms with Gasteiger partial charge in [-0.2, -0.15) is 5.26 Å². The van der Waals surface area contributed by atoms with E-state index in [0.717, 1.165) is 20.9 Å². The first kappa shape index (κ1) is 22.4. The number of methoxy groups -OCH3 is 1. The average molecular weight is 541 g/mol. The molecular weight excluding hydrogens is 520 g/mol. The second-order valence-corrected chi connectivity index (χ2v) is 9.70. The van der Waals surface area contributed by atoms with Crippen molar-refractivity contribution in [2.24, 2.45) is 13.0 Å². The maximum Gasteiger partial charge on any atom is 0.356 e. The molecule has 1 aromatic heterocycles. The van der Waals surface area contributed by atoms with Crippen LogP contribution >= 0.6 is 15.9 Å². The number of nitrogens with zero attached hydrogens (tertiary/aromatic N) is 2. The molecule has 0 amide bonds. The number of esters is 1. The van der Waals surface area contributed by atoms with Crippen LogP contribution in [-0.4, -0.2) is 17.6 Å². The van der Waals surface area contributed by atoms with Crippen molar-refractivity contribution < 1.29 is 19.0 Å². The van der Waals surface area contributed by atoms with Crippen LogP contribution in [0, 0.1) is 17.2 Å². The number of benzene rings is 3. The van der Waals surface area contributed by atoms with Crippen molar-refractivity contribution in [1.29, 1.82) is 5.26 Å². The van der Waals surface area contributed by atoms with Crippen molar-refractivity contribution in [2.75, 3.05) is 7.11 Å². The summed E-state index contributed by atoms with van der Waals surface area (Å²) in [4.78, 5) is 13.9. The molecule has 0 bridgehead atoms. The molecule has 7 heteroatoms. The zero-order valence-electron chi connectivity index (χ0n) is 19.6. The molecule has 3 heterocycles. The Balaban J connectivity index is 1.75.